The Bertz CT molecular complexity index is 1130. The first-order valence-corrected chi connectivity index (χ1v) is 10.2. The summed E-state index contributed by atoms with van der Waals surface area (Å²) in [7, 11) is 0. The number of rotatable bonds is 6. The van der Waals surface area contributed by atoms with Crippen LogP contribution in [0.25, 0.3) is 10.8 Å². The van der Waals surface area contributed by atoms with Crippen LogP contribution in [0.4, 0.5) is 27.0 Å². The molecule has 1 heterocycles. The normalized spacial score (nSPS) is 12.1. The number of ether oxygens (including phenoxy) is 1. The van der Waals surface area contributed by atoms with Gasteiger partial charge >= 0.3 is 12.1 Å². The van der Waals surface area contributed by atoms with Gasteiger partial charge in [0.2, 0.25) is 5.95 Å². The largest absolute Gasteiger partial charge is 0.448 e. The molecule has 5 N–H and O–H groups in total. The highest BCUT2D eigenvalue weighted by Gasteiger charge is 2.26. The predicted molar refractivity (Wildman–Crippen MR) is 126 cm³/mol. The van der Waals surface area contributed by atoms with Gasteiger partial charge in [-0.15, -0.1) is 0 Å². The summed E-state index contributed by atoms with van der Waals surface area (Å²) in [4.78, 5) is 32.2. The summed E-state index contributed by atoms with van der Waals surface area (Å²) >= 11 is 0. The van der Waals surface area contributed by atoms with Crippen molar-refractivity contribution in [3.05, 3.63) is 54.2 Å². The van der Waals surface area contributed by atoms with Gasteiger partial charge in [-0.25, -0.2) is 14.6 Å². The van der Waals surface area contributed by atoms with E-state index in [4.69, 9.17) is 10.5 Å². The van der Waals surface area contributed by atoms with Crippen LogP contribution in [0.5, 0.6) is 0 Å². The first-order valence-electron chi connectivity index (χ1n) is 10.2. The predicted octanol–water partition coefficient (Wildman–Crippen LogP) is 4.50. The number of benzene rings is 2. The second kappa shape index (κ2) is 9.51. The minimum atomic E-state index is -0.840. The third-order valence-corrected chi connectivity index (χ3v) is 4.85. The third-order valence-electron chi connectivity index (χ3n) is 4.85. The number of nitrogens with zero attached hydrogens (tertiary/aromatic N) is 2. The molecule has 0 fully saturated rings. The summed E-state index contributed by atoms with van der Waals surface area (Å²) in [5, 5.41) is 10.8. The van der Waals surface area contributed by atoms with E-state index < -0.39 is 12.1 Å². The molecule has 3 aromatic rings. The molecule has 9 nitrogen and oxygen atoms in total. The van der Waals surface area contributed by atoms with Crippen molar-refractivity contribution >= 4 is 40.4 Å². The summed E-state index contributed by atoms with van der Waals surface area (Å²) < 4.78 is 4.98. The van der Waals surface area contributed by atoms with E-state index in [1.165, 1.54) is 0 Å². The van der Waals surface area contributed by atoms with Gasteiger partial charge in [0.15, 0.2) is 0 Å². The monoisotopic (exact) mass is 436 g/mol. The number of nitrogens with two attached hydrogens (primary N) is 1. The Morgan fingerprint density at radius 2 is 1.75 bits per heavy atom. The molecule has 3 rings (SSSR count). The van der Waals surface area contributed by atoms with Gasteiger partial charge in [-0.1, -0.05) is 51.1 Å². The number of aryl methyl sites for hydroxylation is 1. The number of primary amides is 1. The Morgan fingerprint density at radius 3 is 2.44 bits per heavy atom. The fourth-order valence-electron chi connectivity index (χ4n) is 3.08. The molecule has 1 unspecified atom stereocenters. The maximum Gasteiger partial charge on any atom is 0.404 e. The number of amides is 3. The molecule has 0 aliphatic carbocycles. The molecule has 0 spiro atoms. The molecule has 168 valence electrons. The zero-order valence-corrected chi connectivity index (χ0v) is 18.6. The minimum absolute atomic E-state index is 0.0765. The van der Waals surface area contributed by atoms with Gasteiger partial charge in [0.25, 0.3) is 0 Å². The minimum Gasteiger partial charge on any atom is -0.448 e. The number of urea groups is 1. The van der Waals surface area contributed by atoms with Crippen LogP contribution in [0.1, 0.15) is 26.5 Å². The highest BCUT2D eigenvalue weighted by atomic mass is 16.5. The maximum atomic E-state index is 12.5. The van der Waals surface area contributed by atoms with Crippen LogP contribution in [0.2, 0.25) is 0 Å². The van der Waals surface area contributed by atoms with Crippen LogP contribution in [-0.4, -0.2) is 34.7 Å². The lowest BCUT2D eigenvalue weighted by molar-refractivity contribution is 0.132. The molecule has 0 aliphatic heterocycles. The Kier molecular flexibility index (Phi) is 6.77. The molecule has 0 aliphatic rings. The second-order valence-corrected chi connectivity index (χ2v) is 8.55. The molecule has 0 radical (unpaired) electrons. The van der Waals surface area contributed by atoms with Crippen molar-refractivity contribution in [2.45, 2.75) is 33.7 Å². The highest BCUT2D eigenvalue weighted by molar-refractivity contribution is 6.00. The van der Waals surface area contributed by atoms with Gasteiger partial charge in [0.1, 0.15) is 12.4 Å². The molecular formula is C23H28N6O3. The highest BCUT2D eigenvalue weighted by Crippen LogP contribution is 2.24. The van der Waals surface area contributed by atoms with Crippen LogP contribution >= 0.6 is 0 Å². The molecular weight excluding hydrogens is 408 g/mol. The van der Waals surface area contributed by atoms with Crippen LogP contribution in [0.15, 0.2) is 48.5 Å². The van der Waals surface area contributed by atoms with Gasteiger partial charge in [-0.05, 0) is 35.2 Å². The van der Waals surface area contributed by atoms with Crippen molar-refractivity contribution in [3.63, 3.8) is 0 Å². The number of nitrogens with one attached hydrogen (secondary N) is 3. The lowest BCUT2D eigenvalue weighted by Crippen LogP contribution is -2.39. The van der Waals surface area contributed by atoms with E-state index in [-0.39, 0.29) is 24.0 Å². The Balaban J connectivity index is 1.71. The molecule has 3 amide bonds. The van der Waals surface area contributed by atoms with Gasteiger partial charge in [0.05, 0.1) is 6.04 Å². The number of carbonyl (C=O) groups excluding carboxylic acids is 2. The Hall–Kier alpha value is -3.88. The van der Waals surface area contributed by atoms with E-state index in [0.717, 1.165) is 10.8 Å². The lowest BCUT2D eigenvalue weighted by Gasteiger charge is -2.31. The molecule has 0 bridgehead atoms. The van der Waals surface area contributed by atoms with Gasteiger partial charge in [-0.3, -0.25) is 5.32 Å². The van der Waals surface area contributed by atoms with Crippen molar-refractivity contribution in [2.75, 3.05) is 22.6 Å². The SMILES string of the molecule is Cc1cc(NC(COC(N)=O)C(C)(C)C)nc(NC(=O)Nc2ccc3ccccc3c2)n1. The van der Waals surface area contributed by atoms with E-state index in [1.54, 1.807) is 13.0 Å². The summed E-state index contributed by atoms with van der Waals surface area (Å²) in [5.41, 5.74) is 6.17. The van der Waals surface area contributed by atoms with E-state index >= 15 is 0 Å². The second-order valence-electron chi connectivity index (χ2n) is 8.55. The summed E-state index contributed by atoms with van der Waals surface area (Å²) in [5.74, 6) is 0.640. The molecule has 9 heteroatoms. The van der Waals surface area contributed by atoms with Crippen molar-refractivity contribution < 1.29 is 14.3 Å². The smallest absolute Gasteiger partial charge is 0.404 e. The van der Waals surface area contributed by atoms with E-state index in [9.17, 15) is 9.59 Å². The Labute approximate surface area is 186 Å². The fraction of sp³-hybridized carbons (Fsp3) is 0.304. The topological polar surface area (TPSA) is 131 Å². The van der Waals surface area contributed by atoms with Crippen molar-refractivity contribution in [1.29, 1.82) is 0 Å². The molecule has 2 aromatic carbocycles. The van der Waals surface area contributed by atoms with Crippen molar-refractivity contribution in [2.24, 2.45) is 11.1 Å². The summed E-state index contributed by atoms with van der Waals surface area (Å²) in [6, 6.07) is 14.6. The zero-order valence-electron chi connectivity index (χ0n) is 18.6. The number of hydrogen-bond acceptors (Lipinski definition) is 6. The fourth-order valence-corrected chi connectivity index (χ4v) is 3.08. The number of fused-ring (bicyclic) bond motifs is 1. The Morgan fingerprint density at radius 1 is 1.03 bits per heavy atom. The first kappa shape index (κ1) is 22.8. The number of hydrogen-bond donors (Lipinski definition) is 4. The molecule has 0 saturated carbocycles. The standard InChI is InChI=1S/C23H28N6O3/c1-14-11-19(27-18(23(2,3)4)13-32-20(24)30)28-21(25-14)29-22(31)26-17-10-9-15-7-5-6-8-16(15)12-17/h5-12,18H,13H2,1-4H3,(H2,24,30)(H3,25,26,27,28,29,31). The molecule has 0 saturated heterocycles. The summed E-state index contributed by atoms with van der Waals surface area (Å²) in [6.45, 7) is 7.87. The number of carbonyl (C=O) groups is 2. The zero-order chi connectivity index (χ0) is 23.3. The first-order chi connectivity index (χ1) is 15.1. The number of aromatic nitrogens is 2. The third kappa shape index (κ3) is 6.31. The molecule has 32 heavy (non-hydrogen) atoms. The number of anilines is 3. The molecule has 1 aromatic heterocycles. The van der Waals surface area contributed by atoms with E-state index in [1.807, 2.05) is 63.2 Å². The van der Waals surface area contributed by atoms with E-state index in [0.29, 0.717) is 17.2 Å². The van der Waals surface area contributed by atoms with Crippen LogP contribution < -0.4 is 21.7 Å². The van der Waals surface area contributed by atoms with Crippen molar-refractivity contribution in [1.82, 2.24) is 9.97 Å². The van der Waals surface area contributed by atoms with Crippen LogP contribution in [0, 0.1) is 12.3 Å². The van der Waals surface area contributed by atoms with Gasteiger partial charge < -0.3 is 21.1 Å². The van der Waals surface area contributed by atoms with Gasteiger partial charge in [0, 0.05) is 17.4 Å². The van der Waals surface area contributed by atoms with Crippen LogP contribution in [0.3, 0.4) is 0 Å². The molecule has 1 atom stereocenters. The average molecular weight is 437 g/mol. The maximum absolute atomic E-state index is 12.5. The van der Waals surface area contributed by atoms with E-state index in [2.05, 4.69) is 25.9 Å². The summed E-state index contributed by atoms with van der Waals surface area (Å²) in [6.07, 6.45) is -0.840. The van der Waals surface area contributed by atoms with Crippen LogP contribution in [-0.2, 0) is 4.74 Å². The van der Waals surface area contributed by atoms with Crippen molar-refractivity contribution in [3.8, 4) is 0 Å². The quantitative estimate of drug-likeness (QED) is 0.450. The average Bonchev–Trinajstić information content (AvgIpc) is 2.69. The lowest BCUT2D eigenvalue weighted by atomic mass is 9.87. The van der Waals surface area contributed by atoms with Gasteiger partial charge in [-0.2, -0.15) is 4.98 Å².